The van der Waals surface area contributed by atoms with E-state index in [1.165, 1.54) is 0 Å². The number of hydrogen-bond acceptors (Lipinski definition) is 6. The Labute approximate surface area is 264 Å². The monoisotopic (exact) mass is 632 g/mol. The number of anilines is 2. The fourth-order valence-electron chi connectivity index (χ4n) is 8.84. The highest BCUT2D eigenvalue weighted by molar-refractivity contribution is 7.92. The van der Waals surface area contributed by atoms with Crippen molar-refractivity contribution in [3.05, 3.63) is 60.2 Å². The average Bonchev–Trinajstić information content (AvgIpc) is 3.52. The van der Waals surface area contributed by atoms with E-state index < -0.39 is 15.7 Å². The number of nitrogens with zero attached hydrogens (tertiary/aromatic N) is 3. The summed E-state index contributed by atoms with van der Waals surface area (Å²) in [6.45, 7) is 2.84. The van der Waals surface area contributed by atoms with Crippen LogP contribution in [-0.2, 0) is 25.6 Å². The first kappa shape index (κ1) is 29.2. The van der Waals surface area contributed by atoms with Crippen LogP contribution < -0.4 is 9.62 Å². The zero-order valence-electron chi connectivity index (χ0n) is 26.1. The number of hydrogen-bond donors (Lipinski definition) is 1. The average molecular weight is 633 g/mol. The lowest BCUT2D eigenvalue weighted by atomic mass is 9.41. The summed E-state index contributed by atoms with van der Waals surface area (Å²) in [5, 5.41) is 4.49. The van der Waals surface area contributed by atoms with Gasteiger partial charge in [0, 0.05) is 35.2 Å². The van der Waals surface area contributed by atoms with Gasteiger partial charge in [-0.1, -0.05) is 36.3 Å². The van der Waals surface area contributed by atoms with Crippen LogP contribution in [0.15, 0.2) is 53.1 Å². The zero-order valence-corrected chi connectivity index (χ0v) is 26.9. The number of halogens is 1. The number of alkyl halides is 1. The highest BCUT2D eigenvalue weighted by atomic mass is 32.2. The largest absolute Gasteiger partial charge is 0.339 e. The van der Waals surface area contributed by atoms with Crippen molar-refractivity contribution >= 4 is 27.3 Å². The minimum absolute atomic E-state index is 0.0160. The van der Waals surface area contributed by atoms with Crippen molar-refractivity contribution in [1.82, 2.24) is 10.1 Å². The van der Waals surface area contributed by atoms with E-state index in [1.54, 1.807) is 12.1 Å². The van der Waals surface area contributed by atoms with Gasteiger partial charge in [-0.2, -0.15) is 4.98 Å². The molecular weight excluding hydrogens is 591 g/mol. The van der Waals surface area contributed by atoms with Crippen molar-refractivity contribution < 1.29 is 22.1 Å². The molecule has 0 radical (unpaired) electrons. The van der Waals surface area contributed by atoms with E-state index in [0.29, 0.717) is 37.9 Å². The molecule has 7 aliphatic carbocycles. The number of amides is 1. The third-order valence-electron chi connectivity index (χ3n) is 11.9. The Kier molecular flexibility index (Phi) is 6.24. The van der Waals surface area contributed by atoms with E-state index in [1.807, 2.05) is 35.2 Å². The molecule has 1 N–H and O–H groups in total. The second-order valence-corrected chi connectivity index (χ2v) is 17.4. The molecule has 1 aromatic heterocycles. The second kappa shape index (κ2) is 9.62. The number of benzene rings is 2. The first-order valence-electron chi connectivity index (χ1n) is 16.3. The van der Waals surface area contributed by atoms with Crippen molar-refractivity contribution in [2.75, 3.05) is 22.4 Å². The van der Waals surface area contributed by atoms with Crippen LogP contribution in [0, 0.1) is 10.8 Å². The normalized spacial score (nSPS) is 32.3. The van der Waals surface area contributed by atoms with Crippen LogP contribution in [0.4, 0.5) is 15.8 Å². The van der Waals surface area contributed by atoms with Crippen LogP contribution in [0.25, 0.3) is 11.1 Å². The van der Waals surface area contributed by atoms with Gasteiger partial charge in [0.1, 0.15) is 5.67 Å². The lowest BCUT2D eigenvalue weighted by Crippen LogP contribution is -2.65. The van der Waals surface area contributed by atoms with E-state index in [2.05, 4.69) is 22.9 Å². The van der Waals surface area contributed by atoms with Crippen LogP contribution in [0.3, 0.4) is 0 Å². The number of rotatable bonds is 10. The molecule has 7 aliphatic rings. The molecule has 7 saturated carbocycles. The standard InChI is InChI=1S/C35H41FN4O4S/c1-31(10-11-31)30-37-29(38-44-30)34-15-12-32(13-16-34,14-17-34)23-40(28(41)19-33-20-35(36,21-33)22-33)27-5-3-4-25(18-27)24-6-8-26(9-7-24)39-45(2,42)43/h3-9,18,39H,10-17,19-23H2,1-2H3. The fraction of sp³-hybridized carbons (Fsp3) is 0.571. The molecule has 2 aromatic carbocycles. The maximum Gasteiger partial charge on any atom is 0.232 e. The predicted octanol–water partition coefficient (Wildman–Crippen LogP) is 7.07. The second-order valence-electron chi connectivity index (χ2n) is 15.6. The third kappa shape index (κ3) is 5.17. The molecule has 0 atom stereocenters. The van der Waals surface area contributed by atoms with E-state index >= 15 is 0 Å². The Morgan fingerprint density at radius 1 is 0.933 bits per heavy atom. The molecule has 0 saturated heterocycles. The van der Waals surface area contributed by atoms with Gasteiger partial charge in [0.2, 0.25) is 21.8 Å². The van der Waals surface area contributed by atoms with E-state index in [0.717, 1.165) is 86.2 Å². The Balaban J connectivity index is 1.04. The van der Waals surface area contributed by atoms with E-state index in [-0.39, 0.29) is 27.6 Å². The summed E-state index contributed by atoms with van der Waals surface area (Å²) in [5.74, 6) is 1.75. The van der Waals surface area contributed by atoms with Crippen molar-refractivity contribution in [3.63, 3.8) is 0 Å². The summed E-state index contributed by atoms with van der Waals surface area (Å²) >= 11 is 0. The zero-order chi connectivity index (χ0) is 31.3. The molecule has 0 aliphatic heterocycles. The summed E-state index contributed by atoms with van der Waals surface area (Å²) in [6.07, 6.45) is 11.2. The molecular formula is C35H41FN4O4S. The molecule has 10 heteroatoms. The molecule has 10 rings (SSSR count). The van der Waals surface area contributed by atoms with Crippen LogP contribution in [0.2, 0.25) is 0 Å². The van der Waals surface area contributed by atoms with Gasteiger partial charge >= 0.3 is 0 Å². The predicted molar refractivity (Wildman–Crippen MR) is 170 cm³/mol. The summed E-state index contributed by atoms with van der Waals surface area (Å²) in [6, 6.07) is 15.3. The molecule has 1 heterocycles. The third-order valence-corrected chi connectivity index (χ3v) is 12.5. The lowest BCUT2D eigenvalue weighted by molar-refractivity contribution is -0.215. The molecule has 238 valence electrons. The van der Waals surface area contributed by atoms with Gasteiger partial charge in [-0.15, -0.1) is 0 Å². The van der Waals surface area contributed by atoms with Crippen LogP contribution >= 0.6 is 0 Å². The highest BCUT2D eigenvalue weighted by Gasteiger charge is 2.69. The molecule has 7 fully saturated rings. The summed E-state index contributed by atoms with van der Waals surface area (Å²) in [4.78, 5) is 21.1. The first-order chi connectivity index (χ1) is 21.3. The quantitative estimate of drug-likeness (QED) is 0.256. The van der Waals surface area contributed by atoms with Crippen LogP contribution in [0.5, 0.6) is 0 Å². The van der Waals surface area contributed by atoms with Gasteiger partial charge in [0.25, 0.3) is 0 Å². The summed E-state index contributed by atoms with van der Waals surface area (Å²) < 4.78 is 46.0. The summed E-state index contributed by atoms with van der Waals surface area (Å²) in [7, 11) is -3.37. The van der Waals surface area contributed by atoms with Gasteiger partial charge in [-0.05, 0) is 117 Å². The van der Waals surface area contributed by atoms with Crippen LogP contribution in [0.1, 0.15) is 95.7 Å². The number of fused-ring (bicyclic) bond motifs is 3. The minimum Gasteiger partial charge on any atom is -0.339 e. The first-order valence-corrected chi connectivity index (χ1v) is 18.2. The topological polar surface area (TPSA) is 105 Å². The Bertz CT molecular complexity index is 1740. The smallest absolute Gasteiger partial charge is 0.232 e. The molecule has 1 amide bonds. The SMILES string of the molecule is CC1(c2nc(C34CCC(CN(C(=O)CC56CC(F)(C5)C6)c5cccc(-c6ccc(NS(C)(=O)=O)cc6)c5)(CC3)CC4)no2)CC1. The lowest BCUT2D eigenvalue weighted by Gasteiger charge is -2.66. The highest BCUT2D eigenvalue weighted by Crippen LogP contribution is 2.71. The van der Waals surface area contributed by atoms with Gasteiger partial charge in [0.15, 0.2) is 5.82 Å². The van der Waals surface area contributed by atoms with Gasteiger partial charge in [-0.3, -0.25) is 9.52 Å². The maximum absolute atomic E-state index is 14.4. The fourth-order valence-corrected chi connectivity index (χ4v) is 9.41. The van der Waals surface area contributed by atoms with Crippen molar-refractivity contribution in [1.29, 1.82) is 0 Å². The maximum atomic E-state index is 14.4. The van der Waals surface area contributed by atoms with E-state index in [9.17, 15) is 17.6 Å². The van der Waals surface area contributed by atoms with E-state index in [4.69, 9.17) is 9.51 Å². The Morgan fingerprint density at radius 3 is 2.20 bits per heavy atom. The Hall–Kier alpha value is -3.27. The number of nitrogens with one attached hydrogen (secondary N) is 1. The molecule has 8 nitrogen and oxygen atoms in total. The van der Waals surface area contributed by atoms with Gasteiger partial charge < -0.3 is 9.42 Å². The van der Waals surface area contributed by atoms with Crippen molar-refractivity contribution in [3.8, 4) is 11.1 Å². The molecule has 0 spiro atoms. The minimum atomic E-state index is -3.37. The number of carbonyl (C=O) groups excluding carboxylic acids is 1. The number of aromatic nitrogens is 2. The molecule has 45 heavy (non-hydrogen) atoms. The van der Waals surface area contributed by atoms with Gasteiger partial charge in [0.05, 0.1) is 6.26 Å². The molecule has 0 unspecified atom stereocenters. The number of sulfonamides is 1. The van der Waals surface area contributed by atoms with Gasteiger partial charge in [-0.25, -0.2) is 12.8 Å². The molecule has 4 bridgehead atoms. The summed E-state index contributed by atoms with van der Waals surface area (Å²) in [5.41, 5.74) is 2.06. The number of carbonyl (C=O) groups is 1. The Morgan fingerprint density at radius 2 is 1.60 bits per heavy atom. The van der Waals surface area contributed by atoms with Crippen molar-refractivity contribution in [2.45, 2.75) is 100 Å². The molecule has 3 aromatic rings. The van der Waals surface area contributed by atoms with Crippen molar-refractivity contribution in [2.24, 2.45) is 10.8 Å². The van der Waals surface area contributed by atoms with Crippen LogP contribution in [-0.4, -0.2) is 42.9 Å².